The second kappa shape index (κ2) is 8.78. The molecule has 1 aliphatic heterocycles. The SMILES string of the molecule is CS(=O)(=NC(=O)CCc1cccs1)C1CCN(c2ccc(C(F)(F)F)nn2)CC1. The molecule has 29 heavy (non-hydrogen) atoms. The van der Waals surface area contributed by atoms with E-state index >= 15 is 0 Å². The summed E-state index contributed by atoms with van der Waals surface area (Å²) in [6, 6.07) is 6.05. The van der Waals surface area contributed by atoms with Crippen LogP contribution in [0.15, 0.2) is 34.0 Å². The van der Waals surface area contributed by atoms with Gasteiger partial charge in [-0.2, -0.15) is 17.5 Å². The van der Waals surface area contributed by atoms with Gasteiger partial charge >= 0.3 is 6.18 Å². The Hall–Kier alpha value is -2.01. The molecular formula is C18H21F3N4O2S2. The van der Waals surface area contributed by atoms with Crippen LogP contribution in [0.5, 0.6) is 0 Å². The first-order chi connectivity index (χ1) is 13.6. The third-order valence-electron chi connectivity index (χ3n) is 4.77. The maximum atomic E-state index is 13.0. The molecule has 0 N–H and O–H groups in total. The zero-order valence-electron chi connectivity index (χ0n) is 15.8. The molecule has 0 bridgehead atoms. The van der Waals surface area contributed by atoms with Gasteiger partial charge in [0.05, 0.1) is 9.73 Å². The van der Waals surface area contributed by atoms with Crippen LogP contribution in [-0.2, 0) is 27.1 Å². The van der Waals surface area contributed by atoms with Crippen molar-refractivity contribution in [2.75, 3.05) is 24.2 Å². The number of alkyl halides is 3. The van der Waals surface area contributed by atoms with Gasteiger partial charge in [0.25, 0.3) is 5.91 Å². The lowest BCUT2D eigenvalue weighted by Crippen LogP contribution is -2.39. The number of amides is 1. The normalized spacial score (nSPS) is 17.7. The smallest absolute Gasteiger partial charge is 0.355 e. The lowest BCUT2D eigenvalue weighted by Gasteiger charge is -2.32. The highest BCUT2D eigenvalue weighted by atomic mass is 32.2. The van der Waals surface area contributed by atoms with Crippen molar-refractivity contribution in [1.82, 2.24) is 10.2 Å². The summed E-state index contributed by atoms with van der Waals surface area (Å²) in [4.78, 5) is 15.0. The highest BCUT2D eigenvalue weighted by Gasteiger charge is 2.33. The molecule has 6 nitrogen and oxygen atoms in total. The fraction of sp³-hybridized carbons (Fsp3) is 0.500. The lowest BCUT2D eigenvalue weighted by molar-refractivity contribution is -0.141. The first-order valence-electron chi connectivity index (χ1n) is 9.07. The number of hydrogen-bond donors (Lipinski definition) is 0. The molecule has 2 aromatic heterocycles. The minimum Gasteiger partial charge on any atom is -0.355 e. The van der Waals surface area contributed by atoms with Crippen molar-refractivity contribution in [3.8, 4) is 0 Å². The fourth-order valence-electron chi connectivity index (χ4n) is 3.17. The Bertz CT molecular complexity index is 944. The summed E-state index contributed by atoms with van der Waals surface area (Å²) in [5, 5.41) is 8.60. The van der Waals surface area contributed by atoms with E-state index < -0.39 is 21.6 Å². The standard InChI is InChI=1S/C18H21F3N4O2S2/c1-29(27,24-17(26)7-4-13-3-2-12-28-13)14-8-10-25(11-9-14)16-6-5-15(22-23-16)18(19,20)21/h2-3,5-6,12,14H,4,7-11H2,1H3. The second-order valence-electron chi connectivity index (χ2n) is 6.89. The van der Waals surface area contributed by atoms with Crippen molar-refractivity contribution in [3.63, 3.8) is 0 Å². The predicted molar refractivity (Wildman–Crippen MR) is 106 cm³/mol. The highest BCUT2D eigenvalue weighted by molar-refractivity contribution is 7.93. The van der Waals surface area contributed by atoms with E-state index in [0.717, 1.165) is 10.9 Å². The third kappa shape index (κ3) is 5.75. The molecule has 0 radical (unpaired) electrons. The predicted octanol–water partition coefficient (Wildman–Crippen LogP) is 3.78. The van der Waals surface area contributed by atoms with Crippen LogP contribution in [0.1, 0.15) is 29.8 Å². The molecule has 0 aromatic carbocycles. The van der Waals surface area contributed by atoms with Crippen molar-refractivity contribution >= 4 is 32.8 Å². The summed E-state index contributed by atoms with van der Waals surface area (Å²) in [7, 11) is -2.69. The first kappa shape index (κ1) is 21.7. The molecule has 3 heterocycles. The van der Waals surface area contributed by atoms with Gasteiger partial charge < -0.3 is 4.90 Å². The fourth-order valence-corrected chi connectivity index (χ4v) is 5.61. The number of carbonyl (C=O) groups excluding carboxylic acids is 1. The van der Waals surface area contributed by atoms with E-state index in [1.807, 2.05) is 17.5 Å². The molecule has 158 valence electrons. The van der Waals surface area contributed by atoms with Gasteiger partial charge in [0, 0.05) is 35.9 Å². The van der Waals surface area contributed by atoms with Crippen LogP contribution in [0.4, 0.5) is 19.0 Å². The lowest BCUT2D eigenvalue weighted by atomic mass is 10.1. The molecule has 1 unspecified atom stereocenters. The summed E-state index contributed by atoms with van der Waals surface area (Å²) in [6.07, 6.45) is -1.18. The molecule has 1 saturated heterocycles. The molecule has 3 rings (SSSR count). The number of aryl methyl sites for hydroxylation is 1. The highest BCUT2D eigenvalue weighted by Crippen LogP contribution is 2.28. The number of carbonyl (C=O) groups is 1. The van der Waals surface area contributed by atoms with Gasteiger partial charge in [0.1, 0.15) is 0 Å². The largest absolute Gasteiger partial charge is 0.435 e. The number of halogens is 3. The molecule has 0 spiro atoms. The zero-order chi connectivity index (χ0) is 21.1. The van der Waals surface area contributed by atoms with Gasteiger partial charge in [-0.15, -0.1) is 21.5 Å². The number of piperidine rings is 1. The van der Waals surface area contributed by atoms with Crippen molar-refractivity contribution < 1.29 is 22.2 Å². The Kier molecular flexibility index (Phi) is 6.57. The number of thiophene rings is 1. The van der Waals surface area contributed by atoms with Gasteiger partial charge in [-0.1, -0.05) is 6.07 Å². The molecular weight excluding hydrogens is 425 g/mol. The molecule has 11 heteroatoms. The zero-order valence-corrected chi connectivity index (χ0v) is 17.4. The molecule has 1 amide bonds. The van der Waals surface area contributed by atoms with Crippen molar-refractivity contribution in [2.24, 2.45) is 4.36 Å². The number of aromatic nitrogens is 2. The van der Waals surface area contributed by atoms with Crippen LogP contribution >= 0.6 is 11.3 Å². The Morgan fingerprint density at radius 2 is 2.00 bits per heavy atom. The molecule has 2 aromatic rings. The summed E-state index contributed by atoms with van der Waals surface area (Å²) >= 11 is 1.57. The monoisotopic (exact) mass is 446 g/mol. The van der Waals surface area contributed by atoms with Crippen LogP contribution in [0.25, 0.3) is 0 Å². The van der Waals surface area contributed by atoms with Crippen LogP contribution in [-0.4, -0.2) is 44.9 Å². The van der Waals surface area contributed by atoms with Crippen LogP contribution in [0.3, 0.4) is 0 Å². The Labute approximate surface area is 171 Å². The number of rotatable bonds is 5. The number of hydrogen-bond acceptors (Lipinski definition) is 6. The molecule has 0 aliphatic carbocycles. The third-order valence-corrected chi connectivity index (χ3v) is 7.98. The van der Waals surface area contributed by atoms with E-state index in [1.165, 1.54) is 12.3 Å². The van der Waals surface area contributed by atoms with Crippen LogP contribution in [0, 0.1) is 0 Å². The Balaban J connectivity index is 1.57. The van der Waals surface area contributed by atoms with E-state index in [9.17, 15) is 22.2 Å². The molecule has 1 aliphatic rings. The molecule has 1 atom stereocenters. The minimum absolute atomic E-state index is 0.228. The summed E-state index contributed by atoms with van der Waals surface area (Å²) in [6.45, 7) is 0.933. The average Bonchev–Trinajstić information content (AvgIpc) is 3.19. The van der Waals surface area contributed by atoms with Crippen molar-refractivity contribution in [2.45, 2.75) is 37.1 Å². The number of anilines is 1. The van der Waals surface area contributed by atoms with Gasteiger partial charge in [-0.25, -0.2) is 4.21 Å². The molecule has 0 saturated carbocycles. The van der Waals surface area contributed by atoms with Crippen molar-refractivity contribution in [3.05, 3.63) is 40.2 Å². The maximum Gasteiger partial charge on any atom is 0.435 e. The van der Waals surface area contributed by atoms with Crippen LogP contribution < -0.4 is 4.90 Å². The van der Waals surface area contributed by atoms with Gasteiger partial charge in [-0.05, 0) is 42.8 Å². The maximum absolute atomic E-state index is 13.0. The van der Waals surface area contributed by atoms with E-state index in [4.69, 9.17) is 0 Å². The van der Waals surface area contributed by atoms with E-state index in [0.29, 0.717) is 38.2 Å². The Morgan fingerprint density at radius 1 is 1.28 bits per heavy atom. The van der Waals surface area contributed by atoms with E-state index in [1.54, 1.807) is 16.2 Å². The topological polar surface area (TPSA) is 75.5 Å². The van der Waals surface area contributed by atoms with Crippen molar-refractivity contribution in [1.29, 1.82) is 0 Å². The average molecular weight is 447 g/mol. The number of nitrogens with zero attached hydrogens (tertiary/aromatic N) is 4. The summed E-state index contributed by atoms with van der Waals surface area (Å²) in [5.41, 5.74) is -1.03. The Morgan fingerprint density at radius 3 is 2.55 bits per heavy atom. The first-order valence-corrected chi connectivity index (χ1v) is 11.9. The minimum atomic E-state index is -4.52. The molecule has 1 fully saturated rings. The van der Waals surface area contributed by atoms with Gasteiger partial charge in [-0.3, -0.25) is 4.79 Å². The van der Waals surface area contributed by atoms with Gasteiger partial charge in [0.15, 0.2) is 11.5 Å². The van der Waals surface area contributed by atoms with E-state index in [-0.39, 0.29) is 17.6 Å². The van der Waals surface area contributed by atoms with E-state index in [2.05, 4.69) is 14.6 Å². The second-order valence-corrected chi connectivity index (χ2v) is 10.5. The van der Waals surface area contributed by atoms with Gasteiger partial charge in [0.2, 0.25) is 0 Å². The summed E-state index contributed by atoms with van der Waals surface area (Å²) in [5.74, 6) is -0.00930. The van der Waals surface area contributed by atoms with Crippen LogP contribution in [0.2, 0.25) is 0 Å². The quantitative estimate of drug-likeness (QED) is 0.699. The summed E-state index contributed by atoms with van der Waals surface area (Å²) < 4.78 is 54.7.